The summed E-state index contributed by atoms with van der Waals surface area (Å²) < 4.78 is 4.70. The molecule has 0 unspecified atom stereocenters. The molecular formula is C4H6NO2. The molecule has 1 radical (unpaired) electrons. The zero-order valence-corrected chi connectivity index (χ0v) is 4.05. The lowest BCUT2D eigenvalue weighted by atomic mass is 10.5. The number of methoxy groups -OCH3 is 1. The van der Waals surface area contributed by atoms with E-state index in [0.29, 0.717) is 12.3 Å². The van der Waals surface area contributed by atoms with Gasteiger partial charge in [-0.15, -0.1) is 0 Å². The van der Waals surface area contributed by atoms with Crippen LogP contribution in [0.2, 0.25) is 0 Å². The molecule has 0 aliphatic carbocycles. The molecule has 0 N–H and O–H groups in total. The lowest BCUT2D eigenvalue weighted by Gasteiger charge is -1.87. The number of hydrogen-bond donors (Lipinski definition) is 0. The predicted octanol–water partition coefficient (Wildman–Crippen LogP) is 0.528. The molecule has 0 spiro atoms. The molecular weight excluding hydrogens is 94.0 g/mol. The minimum atomic E-state index is 0.639. The van der Waals surface area contributed by atoms with Gasteiger partial charge in [0.2, 0.25) is 5.90 Å². The van der Waals surface area contributed by atoms with Crippen LogP contribution in [0.15, 0.2) is 5.16 Å². The number of rotatable bonds is 0. The number of ether oxygens (including phenoxy) is 1. The highest BCUT2D eigenvalue weighted by atomic mass is 16.7. The molecule has 0 aromatic heterocycles. The average molecular weight is 100 g/mol. The van der Waals surface area contributed by atoms with E-state index in [4.69, 9.17) is 4.74 Å². The van der Waals surface area contributed by atoms with Gasteiger partial charge in [0, 0.05) is 0 Å². The van der Waals surface area contributed by atoms with Gasteiger partial charge in [0.1, 0.15) is 0 Å². The van der Waals surface area contributed by atoms with Crippen LogP contribution in [-0.2, 0) is 9.57 Å². The first-order valence-corrected chi connectivity index (χ1v) is 2.02. The van der Waals surface area contributed by atoms with Crippen LogP contribution >= 0.6 is 0 Å². The predicted molar refractivity (Wildman–Crippen MR) is 24.4 cm³/mol. The van der Waals surface area contributed by atoms with Crippen LogP contribution in [0.25, 0.3) is 0 Å². The molecule has 0 atom stereocenters. The van der Waals surface area contributed by atoms with Gasteiger partial charge in [-0.05, 0) is 0 Å². The minimum Gasteiger partial charge on any atom is -0.482 e. The third kappa shape index (κ3) is 0.824. The highest BCUT2D eigenvalue weighted by Gasteiger charge is 2.06. The summed E-state index contributed by atoms with van der Waals surface area (Å²) in [5, 5.41) is 3.49. The zero-order chi connectivity index (χ0) is 5.11. The number of hydrogen-bond acceptors (Lipinski definition) is 3. The molecule has 0 bridgehead atoms. The first-order valence-electron chi connectivity index (χ1n) is 2.02. The van der Waals surface area contributed by atoms with Gasteiger partial charge < -0.3 is 9.57 Å². The fraction of sp³-hybridized carbons (Fsp3) is 0.500. The van der Waals surface area contributed by atoms with Crippen molar-refractivity contribution in [3.05, 3.63) is 6.61 Å². The van der Waals surface area contributed by atoms with Crippen molar-refractivity contribution in [2.45, 2.75) is 6.42 Å². The van der Waals surface area contributed by atoms with Crippen LogP contribution in [0.1, 0.15) is 6.42 Å². The third-order valence-corrected chi connectivity index (χ3v) is 0.723. The summed E-state index contributed by atoms with van der Waals surface area (Å²) in [6.45, 7) is 1.58. The van der Waals surface area contributed by atoms with E-state index < -0.39 is 0 Å². The van der Waals surface area contributed by atoms with Crippen molar-refractivity contribution in [1.82, 2.24) is 0 Å². The van der Waals surface area contributed by atoms with E-state index >= 15 is 0 Å². The van der Waals surface area contributed by atoms with Crippen molar-refractivity contribution in [3.63, 3.8) is 0 Å². The Labute approximate surface area is 41.9 Å². The topological polar surface area (TPSA) is 30.8 Å². The Morgan fingerprint density at radius 2 is 2.86 bits per heavy atom. The molecule has 0 saturated heterocycles. The summed E-state index contributed by atoms with van der Waals surface area (Å²) in [6, 6.07) is 0. The summed E-state index contributed by atoms with van der Waals surface area (Å²) in [7, 11) is 1.57. The largest absolute Gasteiger partial charge is 0.482 e. The number of nitrogens with zero attached hydrogens (tertiary/aromatic N) is 1. The maximum Gasteiger partial charge on any atom is 0.229 e. The van der Waals surface area contributed by atoms with E-state index in [1.165, 1.54) is 0 Å². The molecule has 1 heterocycles. The van der Waals surface area contributed by atoms with Crippen LogP contribution in [-0.4, -0.2) is 13.0 Å². The standard InChI is InChI=1S/C4H6NO2/c1-6-4-2-3-7-5-4/h3H,2H2,1H3. The van der Waals surface area contributed by atoms with Gasteiger partial charge >= 0.3 is 0 Å². The van der Waals surface area contributed by atoms with Crippen LogP contribution < -0.4 is 0 Å². The van der Waals surface area contributed by atoms with Gasteiger partial charge in [0.15, 0.2) is 6.61 Å². The molecule has 3 heteroatoms. The van der Waals surface area contributed by atoms with E-state index in [2.05, 4.69) is 9.99 Å². The Morgan fingerprint density at radius 3 is 3.14 bits per heavy atom. The van der Waals surface area contributed by atoms with E-state index in [1.807, 2.05) is 0 Å². The highest BCUT2D eigenvalue weighted by Crippen LogP contribution is 2.03. The SMILES string of the molecule is COC1=NO[CH]C1. The molecule has 7 heavy (non-hydrogen) atoms. The van der Waals surface area contributed by atoms with Gasteiger partial charge in [-0.25, -0.2) is 0 Å². The van der Waals surface area contributed by atoms with Crippen molar-refractivity contribution in [2.75, 3.05) is 7.11 Å². The van der Waals surface area contributed by atoms with E-state index in [0.717, 1.165) is 0 Å². The summed E-state index contributed by atoms with van der Waals surface area (Å²) in [5.74, 6) is 0.639. The number of oxime groups is 1. The molecule has 0 saturated carbocycles. The normalized spacial score (nSPS) is 18.1. The Balaban J connectivity index is 2.36. The van der Waals surface area contributed by atoms with Crippen LogP contribution in [0.3, 0.4) is 0 Å². The molecule has 3 nitrogen and oxygen atoms in total. The molecule has 1 aliphatic rings. The van der Waals surface area contributed by atoms with Crippen LogP contribution in [0.5, 0.6) is 0 Å². The molecule has 0 amide bonds. The Bertz CT molecular complexity index is 89.7. The van der Waals surface area contributed by atoms with Gasteiger partial charge in [-0.2, -0.15) is 0 Å². The second-order valence-electron chi connectivity index (χ2n) is 1.17. The maximum absolute atomic E-state index is 4.70. The van der Waals surface area contributed by atoms with Gasteiger partial charge in [0.05, 0.1) is 13.5 Å². The van der Waals surface area contributed by atoms with Crippen molar-refractivity contribution in [3.8, 4) is 0 Å². The van der Waals surface area contributed by atoms with Gasteiger partial charge in [0.25, 0.3) is 0 Å². The third-order valence-electron chi connectivity index (χ3n) is 0.723. The summed E-state index contributed by atoms with van der Waals surface area (Å²) in [4.78, 5) is 4.49. The van der Waals surface area contributed by atoms with Gasteiger partial charge in [-0.3, -0.25) is 0 Å². The molecule has 1 rings (SSSR count). The Morgan fingerprint density at radius 1 is 2.00 bits per heavy atom. The van der Waals surface area contributed by atoms with Crippen molar-refractivity contribution in [2.24, 2.45) is 5.16 Å². The summed E-state index contributed by atoms with van der Waals surface area (Å²) in [5.41, 5.74) is 0. The van der Waals surface area contributed by atoms with Crippen LogP contribution in [0, 0.1) is 6.61 Å². The molecule has 0 aromatic carbocycles. The highest BCUT2D eigenvalue weighted by molar-refractivity contribution is 5.77. The monoisotopic (exact) mass is 100 g/mol. The average Bonchev–Trinajstić information content (AvgIpc) is 2.14. The Kier molecular flexibility index (Phi) is 1.15. The zero-order valence-electron chi connectivity index (χ0n) is 4.05. The van der Waals surface area contributed by atoms with Crippen molar-refractivity contribution >= 4 is 5.90 Å². The van der Waals surface area contributed by atoms with E-state index in [9.17, 15) is 0 Å². The second-order valence-corrected chi connectivity index (χ2v) is 1.17. The van der Waals surface area contributed by atoms with E-state index in [1.54, 1.807) is 13.7 Å². The minimum absolute atomic E-state index is 0.639. The van der Waals surface area contributed by atoms with E-state index in [-0.39, 0.29) is 0 Å². The summed E-state index contributed by atoms with van der Waals surface area (Å²) in [6.07, 6.45) is 0.691. The lowest BCUT2D eigenvalue weighted by Crippen LogP contribution is -1.93. The fourth-order valence-electron chi connectivity index (χ4n) is 0.362. The van der Waals surface area contributed by atoms with Crippen LogP contribution in [0.4, 0.5) is 0 Å². The smallest absolute Gasteiger partial charge is 0.229 e. The molecule has 0 fully saturated rings. The quantitative estimate of drug-likeness (QED) is 0.444. The fourth-order valence-corrected chi connectivity index (χ4v) is 0.362. The maximum atomic E-state index is 4.70. The molecule has 39 valence electrons. The van der Waals surface area contributed by atoms with Gasteiger partial charge in [-0.1, -0.05) is 5.16 Å². The first-order chi connectivity index (χ1) is 3.43. The summed E-state index contributed by atoms with van der Waals surface area (Å²) >= 11 is 0. The van der Waals surface area contributed by atoms with Crippen molar-refractivity contribution < 1.29 is 9.57 Å². The Hall–Kier alpha value is -0.730. The first kappa shape index (κ1) is 4.43. The molecule has 1 aliphatic heterocycles. The lowest BCUT2D eigenvalue weighted by molar-refractivity contribution is 0.230. The second kappa shape index (κ2) is 1.82. The molecule has 0 aromatic rings. The van der Waals surface area contributed by atoms with Crippen molar-refractivity contribution in [1.29, 1.82) is 0 Å².